The molecule has 22 heavy (non-hydrogen) atoms. The van der Waals surface area contributed by atoms with Crippen molar-refractivity contribution in [3.8, 4) is 0 Å². The maximum atomic E-state index is 13.2. The lowest BCUT2D eigenvalue weighted by Gasteiger charge is -2.41. The minimum Gasteiger partial charge on any atom is -0.466 e. The number of azide groups is 1. The number of nitrogens with zero attached hydrogens (tertiary/aromatic N) is 3. The quantitative estimate of drug-likeness (QED) is 0.272. The van der Waals surface area contributed by atoms with Gasteiger partial charge in [0.2, 0.25) is 0 Å². The Morgan fingerprint density at radius 3 is 2.27 bits per heavy atom. The number of carbonyl (C=O) groups excluding carboxylic acids is 1. The standard InChI is InChI=1S/C14H24F3N3O2/c1-6-10(2)9-11(21)22-8-7-13(5,19-20-18)12(3,4)14(15,16)17/h10H,6-9H2,1-5H3. The Balaban J connectivity index is 4.87. The molecular weight excluding hydrogens is 299 g/mol. The smallest absolute Gasteiger partial charge is 0.394 e. The van der Waals surface area contributed by atoms with Gasteiger partial charge in [-0.1, -0.05) is 46.2 Å². The molecule has 0 aliphatic rings. The lowest BCUT2D eigenvalue weighted by Crippen LogP contribution is -2.50. The summed E-state index contributed by atoms with van der Waals surface area (Å²) >= 11 is 0. The molecule has 0 radical (unpaired) electrons. The lowest BCUT2D eigenvalue weighted by atomic mass is 9.71. The molecule has 0 aromatic rings. The Bertz CT molecular complexity index is 432. The SMILES string of the molecule is CCC(C)CC(=O)OCCC(C)(N=[N+]=[N-])C(C)(C)C(F)(F)F. The van der Waals surface area contributed by atoms with Crippen LogP contribution in [0.25, 0.3) is 10.4 Å². The number of esters is 1. The molecular formula is C14H24F3N3O2. The zero-order chi connectivity index (χ0) is 17.6. The van der Waals surface area contributed by atoms with E-state index in [0.717, 1.165) is 20.3 Å². The molecule has 2 unspecified atom stereocenters. The van der Waals surface area contributed by atoms with E-state index in [0.29, 0.717) is 0 Å². The summed E-state index contributed by atoms with van der Waals surface area (Å²) in [5.74, 6) is -0.301. The molecule has 0 saturated heterocycles. The monoisotopic (exact) mass is 323 g/mol. The van der Waals surface area contributed by atoms with Gasteiger partial charge in [-0.25, -0.2) is 0 Å². The third-order valence-corrected chi connectivity index (χ3v) is 4.38. The highest BCUT2D eigenvalue weighted by Crippen LogP contribution is 2.49. The molecule has 0 aromatic heterocycles. The predicted molar refractivity (Wildman–Crippen MR) is 77.0 cm³/mol. The molecule has 0 N–H and O–H groups in total. The molecule has 0 rings (SSSR count). The first kappa shape index (κ1) is 20.6. The van der Waals surface area contributed by atoms with Crippen molar-refractivity contribution in [1.82, 2.24) is 0 Å². The first-order chi connectivity index (χ1) is 9.91. The Morgan fingerprint density at radius 2 is 1.86 bits per heavy atom. The summed E-state index contributed by atoms with van der Waals surface area (Å²) < 4.78 is 44.5. The highest BCUT2D eigenvalue weighted by Gasteiger charge is 2.58. The van der Waals surface area contributed by atoms with E-state index in [4.69, 9.17) is 10.3 Å². The number of carbonyl (C=O) groups is 1. The van der Waals surface area contributed by atoms with Gasteiger partial charge in [0, 0.05) is 11.3 Å². The maximum Gasteiger partial charge on any atom is 0.394 e. The van der Waals surface area contributed by atoms with E-state index in [1.807, 2.05) is 13.8 Å². The van der Waals surface area contributed by atoms with Gasteiger partial charge in [-0.15, -0.1) is 0 Å². The molecule has 5 nitrogen and oxygen atoms in total. The molecule has 8 heteroatoms. The van der Waals surface area contributed by atoms with Crippen molar-refractivity contribution in [1.29, 1.82) is 0 Å². The minimum atomic E-state index is -4.54. The zero-order valence-electron chi connectivity index (χ0n) is 13.7. The molecule has 128 valence electrons. The van der Waals surface area contributed by atoms with Gasteiger partial charge in [-0.3, -0.25) is 4.79 Å². The first-order valence-corrected chi connectivity index (χ1v) is 7.20. The van der Waals surface area contributed by atoms with Crippen LogP contribution in [0.1, 0.15) is 53.9 Å². The van der Waals surface area contributed by atoms with Gasteiger partial charge in [0.15, 0.2) is 0 Å². The van der Waals surface area contributed by atoms with Gasteiger partial charge in [0.25, 0.3) is 0 Å². The van der Waals surface area contributed by atoms with E-state index in [1.54, 1.807) is 0 Å². The third-order valence-electron chi connectivity index (χ3n) is 4.38. The first-order valence-electron chi connectivity index (χ1n) is 7.20. The normalized spacial score (nSPS) is 16.4. The average Bonchev–Trinajstić information content (AvgIpc) is 2.37. The highest BCUT2D eigenvalue weighted by molar-refractivity contribution is 5.69. The molecule has 0 fully saturated rings. The van der Waals surface area contributed by atoms with Crippen LogP contribution < -0.4 is 0 Å². The molecule has 0 aliphatic carbocycles. The van der Waals surface area contributed by atoms with E-state index in [1.165, 1.54) is 6.92 Å². The predicted octanol–water partition coefficient (Wildman–Crippen LogP) is 5.01. The largest absolute Gasteiger partial charge is 0.466 e. The van der Waals surface area contributed by atoms with Crippen LogP contribution in [0.15, 0.2) is 5.11 Å². The molecule has 0 heterocycles. The number of halogens is 3. The molecule has 2 atom stereocenters. The summed E-state index contributed by atoms with van der Waals surface area (Å²) in [5, 5.41) is 3.34. The molecule has 0 amide bonds. The van der Waals surface area contributed by atoms with Gasteiger partial charge < -0.3 is 4.74 Å². The van der Waals surface area contributed by atoms with Crippen LogP contribution in [-0.4, -0.2) is 24.3 Å². The zero-order valence-corrected chi connectivity index (χ0v) is 13.7. The van der Waals surface area contributed by atoms with Gasteiger partial charge in [0.05, 0.1) is 17.6 Å². The van der Waals surface area contributed by atoms with E-state index in [-0.39, 0.29) is 25.4 Å². The molecule has 0 bridgehead atoms. The highest BCUT2D eigenvalue weighted by atomic mass is 19.4. The van der Waals surface area contributed by atoms with Crippen LogP contribution in [0.4, 0.5) is 13.2 Å². The van der Waals surface area contributed by atoms with Crippen LogP contribution >= 0.6 is 0 Å². The van der Waals surface area contributed by atoms with Crippen molar-refractivity contribution < 1.29 is 22.7 Å². The van der Waals surface area contributed by atoms with Crippen molar-refractivity contribution in [2.24, 2.45) is 16.4 Å². The number of hydrogen-bond donors (Lipinski definition) is 0. The third kappa shape index (κ3) is 5.09. The maximum absolute atomic E-state index is 13.2. The average molecular weight is 323 g/mol. The summed E-state index contributed by atoms with van der Waals surface area (Å²) in [6.07, 6.45) is -3.71. The lowest BCUT2D eigenvalue weighted by molar-refractivity contribution is -0.233. The summed E-state index contributed by atoms with van der Waals surface area (Å²) in [5.41, 5.74) is 4.59. The van der Waals surface area contributed by atoms with Gasteiger partial charge in [0.1, 0.15) is 0 Å². The Kier molecular flexibility index (Phi) is 7.22. The second-order valence-electron chi connectivity index (χ2n) is 6.27. The van der Waals surface area contributed by atoms with Crippen molar-refractivity contribution in [3.05, 3.63) is 10.4 Å². The summed E-state index contributed by atoms with van der Waals surface area (Å²) in [6, 6.07) is 0. The van der Waals surface area contributed by atoms with Crippen LogP contribution in [-0.2, 0) is 9.53 Å². The topological polar surface area (TPSA) is 75.1 Å². The van der Waals surface area contributed by atoms with Gasteiger partial charge in [-0.05, 0) is 17.9 Å². The molecule has 0 aliphatic heterocycles. The Hall–Kier alpha value is -1.43. The fourth-order valence-corrected chi connectivity index (χ4v) is 1.74. The summed E-state index contributed by atoms with van der Waals surface area (Å²) in [7, 11) is 0. The second-order valence-corrected chi connectivity index (χ2v) is 6.27. The van der Waals surface area contributed by atoms with Gasteiger partial charge >= 0.3 is 12.1 Å². The minimum absolute atomic E-state index is 0.155. The van der Waals surface area contributed by atoms with E-state index in [2.05, 4.69) is 10.0 Å². The number of ether oxygens (including phenoxy) is 1. The number of hydrogen-bond acceptors (Lipinski definition) is 3. The van der Waals surface area contributed by atoms with Crippen LogP contribution in [0.5, 0.6) is 0 Å². The summed E-state index contributed by atoms with van der Waals surface area (Å²) in [4.78, 5) is 14.1. The van der Waals surface area contributed by atoms with Crippen molar-refractivity contribution >= 4 is 5.97 Å². The summed E-state index contributed by atoms with van der Waals surface area (Å²) in [6.45, 7) is 6.78. The second kappa shape index (κ2) is 7.72. The van der Waals surface area contributed by atoms with E-state index >= 15 is 0 Å². The van der Waals surface area contributed by atoms with Crippen LogP contribution in [0.2, 0.25) is 0 Å². The Morgan fingerprint density at radius 1 is 1.32 bits per heavy atom. The van der Waals surface area contributed by atoms with Crippen molar-refractivity contribution in [2.75, 3.05) is 6.61 Å². The number of alkyl halides is 3. The molecule has 0 saturated carbocycles. The molecule has 0 spiro atoms. The Labute approximate surface area is 128 Å². The van der Waals surface area contributed by atoms with Crippen molar-refractivity contribution in [3.63, 3.8) is 0 Å². The molecule has 0 aromatic carbocycles. The van der Waals surface area contributed by atoms with Crippen LogP contribution in [0, 0.1) is 11.3 Å². The van der Waals surface area contributed by atoms with E-state index in [9.17, 15) is 18.0 Å². The number of rotatable bonds is 8. The van der Waals surface area contributed by atoms with Crippen molar-refractivity contribution in [2.45, 2.75) is 65.6 Å². The fourth-order valence-electron chi connectivity index (χ4n) is 1.74. The van der Waals surface area contributed by atoms with Gasteiger partial charge in [-0.2, -0.15) is 13.2 Å². The van der Waals surface area contributed by atoms with Crippen LogP contribution in [0.3, 0.4) is 0 Å². The van der Waals surface area contributed by atoms with E-state index < -0.39 is 23.1 Å². The fraction of sp³-hybridized carbons (Fsp3) is 0.929.